The predicted molar refractivity (Wildman–Crippen MR) is 103 cm³/mol. The van der Waals surface area contributed by atoms with Crippen LogP contribution >= 0.6 is 11.8 Å². The Morgan fingerprint density at radius 2 is 2.04 bits per heavy atom. The highest BCUT2D eigenvalue weighted by Gasteiger charge is 2.21. The highest BCUT2D eigenvalue weighted by molar-refractivity contribution is 8.00. The maximum atomic E-state index is 13.3. The van der Waals surface area contributed by atoms with E-state index in [0.29, 0.717) is 35.6 Å². The smallest absolute Gasteiger partial charge is 0.237 e. The van der Waals surface area contributed by atoms with Crippen LogP contribution in [-0.4, -0.2) is 31.8 Å². The zero-order valence-corrected chi connectivity index (χ0v) is 16.4. The molecule has 2 amide bonds. The van der Waals surface area contributed by atoms with Crippen LogP contribution in [-0.2, 0) is 22.6 Å². The number of aryl methyl sites for hydroxylation is 1. The molecule has 0 saturated carbocycles. The first kappa shape index (κ1) is 20.9. The Bertz CT molecular complexity index is 809. The number of hydrogen-bond acceptors (Lipinski definition) is 5. The molecular formula is C18H24FN5O2S. The first-order chi connectivity index (χ1) is 12.8. The summed E-state index contributed by atoms with van der Waals surface area (Å²) >= 11 is 1.27. The molecule has 0 radical (unpaired) electrons. The Labute approximate surface area is 161 Å². The third-order valence-corrected chi connectivity index (χ3v) is 4.76. The third kappa shape index (κ3) is 6.35. The summed E-state index contributed by atoms with van der Waals surface area (Å²) in [6, 6.07) is 5.74. The third-order valence-electron chi connectivity index (χ3n) is 3.68. The highest BCUT2D eigenvalue weighted by Crippen LogP contribution is 2.25. The standard InChI is InChI=1S/C18H24FN5O2S/c1-11(2)10-24-16(8-7-15(20)25)22-23-18(24)27-12(3)17(26)21-14-6-4-5-13(19)9-14/h4-6,9,11-12H,7-8,10H2,1-3H3,(H2,20,25)(H,21,26)/t12-/m1/s1. The van der Waals surface area contributed by atoms with E-state index >= 15 is 0 Å². The SMILES string of the molecule is CC(C)Cn1c(CCC(N)=O)nnc1S[C@H](C)C(=O)Nc1cccc(F)c1. The van der Waals surface area contributed by atoms with Crippen molar-refractivity contribution < 1.29 is 14.0 Å². The largest absolute Gasteiger partial charge is 0.370 e. The van der Waals surface area contributed by atoms with Crippen molar-refractivity contribution >= 4 is 29.3 Å². The summed E-state index contributed by atoms with van der Waals surface area (Å²) in [5, 5.41) is 11.2. The maximum Gasteiger partial charge on any atom is 0.237 e. The molecule has 0 aliphatic rings. The summed E-state index contributed by atoms with van der Waals surface area (Å²) in [5.41, 5.74) is 5.62. The lowest BCUT2D eigenvalue weighted by Crippen LogP contribution is -2.23. The fourth-order valence-electron chi connectivity index (χ4n) is 2.40. The van der Waals surface area contributed by atoms with Gasteiger partial charge in [0.2, 0.25) is 11.8 Å². The molecule has 1 heterocycles. The second-order valence-corrected chi connectivity index (χ2v) is 7.94. The molecule has 27 heavy (non-hydrogen) atoms. The summed E-state index contributed by atoms with van der Waals surface area (Å²) < 4.78 is 15.2. The normalized spacial score (nSPS) is 12.2. The van der Waals surface area contributed by atoms with Crippen molar-refractivity contribution in [2.24, 2.45) is 11.7 Å². The number of nitrogens with one attached hydrogen (secondary N) is 1. The van der Waals surface area contributed by atoms with Gasteiger partial charge in [0.25, 0.3) is 0 Å². The first-order valence-corrected chi connectivity index (χ1v) is 9.57. The molecule has 0 aliphatic heterocycles. The first-order valence-electron chi connectivity index (χ1n) is 8.69. The predicted octanol–water partition coefficient (Wildman–Crippen LogP) is 2.61. The van der Waals surface area contributed by atoms with Crippen molar-refractivity contribution in [1.29, 1.82) is 0 Å². The van der Waals surface area contributed by atoms with E-state index in [1.165, 1.54) is 30.0 Å². The van der Waals surface area contributed by atoms with E-state index in [9.17, 15) is 14.0 Å². The molecule has 7 nitrogen and oxygen atoms in total. The number of nitrogens with zero attached hydrogens (tertiary/aromatic N) is 3. The molecule has 2 aromatic rings. The number of primary amides is 1. The number of halogens is 1. The van der Waals surface area contributed by atoms with Crippen molar-refractivity contribution in [3.8, 4) is 0 Å². The van der Waals surface area contributed by atoms with Crippen molar-refractivity contribution in [2.75, 3.05) is 5.32 Å². The van der Waals surface area contributed by atoms with Gasteiger partial charge in [-0.15, -0.1) is 10.2 Å². The lowest BCUT2D eigenvalue weighted by atomic mass is 10.2. The Balaban J connectivity index is 2.09. The summed E-state index contributed by atoms with van der Waals surface area (Å²) in [6.45, 7) is 6.54. The van der Waals surface area contributed by atoms with Gasteiger partial charge in [-0.05, 0) is 31.0 Å². The molecular weight excluding hydrogens is 369 g/mol. The van der Waals surface area contributed by atoms with Gasteiger partial charge in [0, 0.05) is 25.1 Å². The van der Waals surface area contributed by atoms with E-state index in [0.717, 1.165) is 0 Å². The molecule has 2 rings (SSSR count). The second kappa shape index (κ2) is 9.50. The number of aromatic nitrogens is 3. The van der Waals surface area contributed by atoms with E-state index in [2.05, 4.69) is 29.4 Å². The molecule has 0 fully saturated rings. The van der Waals surface area contributed by atoms with Crippen LogP contribution in [0.3, 0.4) is 0 Å². The Hall–Kier alpha value is -2.42. The van der Waals surface area contributed by atoms with Gasteiger partial charge in [0.1, 0.15) is 11.6 Å². The second-order valence-electron chi connectivity index (χ2n) is 6.63. The summed E-state index contributed by atoms with van der Waals surface area (Å²) in [5.74, 6) is -0.0646. The van der Waals surface area contributed by atoms with Gasteiger partial charge in [0.05, 0.1) is 5.25 Å². The molecule has 0 spiro atoms. The Morgan fingerprint density at radius 3 is 2.67 bits per heavy atom. The van der Waals surface area contributed by atoms with Gasteiger partial charge in [-0.2, -0.15) is 0 Å². The maximum absolute atomic E-state index is 13.3. The molecule has 1 aromatic heterocycles. The van der Waals surface area contributed by atoms with Crippen molar-refractivity contribution in [3.63, 3.8) is 0 Å². The van der Waals surface area contributed by atoms with Crippen LogP contribution in [0.5, 0.6) is 0 Å². The highest BCUT2D eigenvalue weighted by atomic mass is 32.2. The summed E-state index contributed by atoms with van der Waals surface area (Å²) in [7, 11) is 0. The van der Waals surface area contributed by atoms with Gasteiger partial charge < -0.3 is 15.6 Å². The van der Waals surface area contributed by atoms with Crippen LogP contribution in [0.4, 0.5) is 10.1 Å². The monoisotopic (exact) mass is 393 g/mol. The molecule has 0 aliphatic carbocycles. The average molecular weight is 393 g/mol. The van der Waals surface area contributed by atoms with Gasteiger partial charge in [-0.1, -0.05) is 31.7 Å². The number of benzene rings is 1. The van der Waals surface area contributed by atoms with Gasteiger partial charge >= 0.3 is 0 Å². The number of carbonyl (C=O) groups excluding carboxylic acids is 2. The van der Waals surface area contributed by atoms with Crippen LogP contribution in [0.1, 0.15) is 33.0 Å². The zero-order valence-electron chi connectivity index (χ0n) is 15.6. The van der Waals surface area contributed by atoms with E-state index in [4.69, 9.17) is 5.73 Å². The van der Waals surface area contributed by atoms with Crippen LogP contribution in [0, 0.1) is 11.7 Å². The summed E-state index contributed by atoms with van der Waals surface area (Å²) in [4.78, 5) is 23.5. The molecule has 0 unspecified atom stereocenters. The number of carbonyl (C=O) groups is 2. The van der Waals surface area contributed by atoms with Crippen LogP contribution < -0.4 is 11.1 Å². The zero-order chi connectivity index (χ0) is 20.0. The minimum atomic E-state index is -0.465. The Morgan fingerprint density at radius 1 is 1.30 bits per heavy atom. The lowest BCUT2D eigenvalue weighted by Gasteiger charge is -2.15. The molecule has 3 N–H and O–H groups in total. The van der Waals surface area contributed by atoms with Crippen LogP contribution in [0.15, 0.2) is 29.4 Å². The van der Waals surface area contributed by atoms with E-state index in [1.54, 1.807) is 13.0 Å². The van der Waals surface area contributed by atoms with Gasteiger partial charge in [0.15, 0.2) is 5.16 Å². The van der Waals surface area contributed by atoms with Crippen molar-refractivity contribution in [2.45, 2.75) is 50.6 Å². The van der Waals surface area contributed by atoms with E-state index in [1.807, 2.05) is 4.57 Å². The van der Waals surface area contributed by atoms with Gasteiger partial charge in [-0.3, -0.25) is 9.59 Å². The minimum Gasteiger partial charge on any atom is -0.370 e. The number of hydrogen-bond donors (Lipinski definition) is 2. The van der Waals surface area contributed by atoms with E-state index in [-0.39, 0.29) is 12.3 Å². The quantitative estimate of drug-likeness (QED) is 0.638. The number of rotatable bonds is 9. The van der Waals surface area contributed by atoms with Crippen molar-refractivity contribution in [3.05, 3.63) is 35.9 Å². The number of anilines is 1. The molecule has 0 saturated heterocycles. The average Bonchev–Trinajstić information content (AvgIpc) is 2.94. The fraction of sp³-hybridized carbons (Fsp3) is 0.444. The number of amides is 2. The molecule has 1 aromatic carbocycles. The molecule has 9 heteroatoms. The molecule has 1 atom stereocenters. The lowest BCUT2D eigenvalue weighted by molar-refractivity contribution is -0.118. The topological polar surface area (TPSA) is 103 Å². The molecule has 146 valence electrons. The van der Waals surface area contributed by atoms with Gasteiger partial charge in [-0.25, -0.2) is 4.39 Å². The number of thioether (sulfide) groups is 1. The summed E-state index contributed by atoms with van der Waals surface area (Å²) in [6.07, 6.45) is 0.593. The minimum absolute atomic E-state index is 0.191. The van der Waals surface area contributed by atoms with E-state index < -0.39 is 17.0 Å². The Kier molecular flexibility index (Phi) is 7.35. The van der Waals surface area contributed by atoms with Crippen LogP contribution in [0.25, 0.3) is 0 Å². The fourth-order valence-corrected chi connectivity index (χ4v) is 3.27. The van der Waals surface area contributed by atoms with Crippen molar-refractivity contribution in [1.82, 2.24) is 14.8 Å². The van der Waals surface area contributed by atoms with Crippen LogP contribution in [0.2, 0.25) is 0 Å². The molecule has 0 bridgehead atoms. The number of nitrogens with two attached hydrogens (primary N) is 1.